The van der Waals surface area contributed by atoms with Crippen LogP contribution in [0.5, 0.6) is 5.75 Å². The Kier molecular flexibility index (Phi) is 4.51. The fraction of sp³-hybridized carbons (Fsp3) is 0.438. The first kappa shape index (κ1) is 16.8. The first-order chi connectivity index (χ1) is 11.4. The molecule has 2 heterocycles. The first-order valence-electron chi connectivity index (χ1n) is 7.87. The number of ether oxygens (including phenoxy) is 1. The molecule has 7 nitrogen and oxygen atoms in total. The molecule has 3 rings (SSSR count). The highest BCUT2D eigenvalue weighted by molar-refractivity contribution is 7.89. The fourth-order valence-corrected chi connectivity index (χ4v) is 4.00. The Balaban J connectivity index is 1.93. The van der Waals surface area contributed by atoms with E-state index in [-0.39, 0.29) is 11.4 Å². The molecule has 0 bridgehead atoms. The summed E-state index contributed by atoms with van der Waals surface area (Å²) in [5, 5.41) is 4.07. The lowest BCUT2D eigenvalue weighted by Crippen LogP contribution is -2.32. The second kappa shape index (κ2) is 6.45. The summed E-state index contributed by atoms with van der Waals surface area (Å²) >= 11 is 0. The van der Waals surface area contributed by atoms with Crippen LogP contribution in [0.15, 0.2) is 35.5 Å². The molecule has 0 fully saturated rings. The SMILES string of the molecule is CCn1cc(S(=O)(=O)N2CCOc3ccc(N(C)C)cc3C2)cn1. The Morgan fingerprint density at radius 3 is 2.79 bits per heavy atom. The molecule has 2 aromatic rings. The van der Waals surface area contributed by atoms with Crippen LogP contribution in [0.3, 0.4) is 0 Å². The van der Waals surface area contributed by atoms with Crippen molar-refractivity contribution in [3.8, 4) is 5.75 Å². The molecule has 24 heavy (non-hydrogen) atoms. The highest BCUT2D eigenvalue weighted by Crippen LogP contribution is 2.29. The zero-order valence-electron chi connectivity index (χ0n) is 14.1. The summed E-state index contributed by atoms with van der Waals surface area (Å²) in [6, 6.07) is 5.84. The van der Waals surface area contributed by atoms with Crippen LogP contribution >= 0.6 is 0 Å². The maximum absolute atomic E-state index is 12.9. The lowest BCUT2D eigenvalue weighted by molar-refractivity contribution is 0.293. The largest absolute Gasteiger partial charge is 0.492 e. The highest BCUT2D eigenvalue weighted by Gasteiger charge is 2.29. The summed E-state index contributed by atoms with van der Waals surface area (Å²) in [5.41, 5.74) is 1.88. The standard InChI is InChI=1S/C16H22N4O3S/c1-4-19-12-15(10-17-19)24(21,22)20-7-8-23-16-6-5-14(18(2)3)9-13(16)11-20/h5-6,9-10,12H,4,7-8,11H2,1-3H3. The molecule has 0 saturated heterocycles. The predicted molar refractivity (Wildman–Crippen MR) is 91.8 cm³/mol. The molecule has 1 aromatic carbocycles. The highest BCUT2D eigenvalue weighted by atomic mass is 32.2. The minimum Gasteiger partial charge on any atom is -0.492 e. The van der Waals surface area contributed by atoms with Gasteiger partial charge in [-0.3, -0.25) is 4.68 Å². The minimum absolute atomic E-state index is 0.219. The van der Waals surface area contributed by atoms with Gasteiger partial charge in [0.25, 0.3) is 0 Å². The molecular weight excluding hydrogens is 328 g/mol. The van der Waals surface area contributed by atoms with Gasteiger partial charge in [-0.1, -0.05) is 0 Å². The maximum Gasteiger partial charge on any atom is 0.246 e. The van der Waals surface area contributed by atoms with E-state index in [1.807, 2.05) is 44.1 Å². The van der Waals surface area contributed by atoms with Gasteiger partial charge in [-0.15, -0.1) is 0 Å². The zero-order valence-corrected chi connectivity index (χ0v) is 15.0. The number of benzene rings is 1. The molecule has 1 aliphatic rings. The molecule has 0 N–H and O–H groups in total. The van der Waals surface area contributed by atoms with Crippen molar-refractivity contribution in [2.75, 3.05) is 32.1 Å². The summed E-state index contributed by atoms with van der Waals surface area (Å²) < 4.78 is 34.6. The molecule has 0 aliphatic carbocycles. The van der Waals surface area contributed by atoms with Crippen LogP contribution in [0, 0.1) is 0 Å². The second-order valence-electron chi connectivity index (χ2n) is 5.91. The summed E-state index contributed by atoms with van der Waals surface area (Å²) in [4.78, 5) is 2.20. The van der Waals surface area contributed by atoms with E-state index >= 15 is 0 Å². The average Bonchev–Trinajstić information content (AvgIpc) is 2.94. The van der Waals surface area contributed by atoms with Gasteiger partial charge in [0, 0.05) is 51.2 Å². The van der Waals surface area contributed by atoms with Crippen LogP contribution in [0.4, 0.5) is 5.69 Å². The molecule has 8 heteroatoms. The number of hydrogen-bond donors (Lipinski definition) is 0. The third kappa shape index (κ3) is 3.11. The molecule has 1 aromatic heterocycles. The number of anilines is 1. The van der Waals surface area contributed by atoms with Gasteiger partial charge < -0.3 is 9.64 Å². The Bertz CT molecular complexity index is 830. The summed E-state index contributed by atoms with van der Waals surface area (Å²) in [7, 11) is 0.309. The Morgan fingerprint density at radius 2 is 2.12 bits per heavy atom. The molecule has 0 atom stereocenters. The van der Waals surface area contributed by atoms with Crippen molar-refractivity contribution in [2.24, 2.45) is 0 Å². The van der Waals surface area contributed by atoms with Crippen molar-refractivity contribution in [1.29, 1.82) is 0 Å². The molecular formula is C16H22N4O3S. The lowest BCUT2D eigenvalue weighted by Gasteiger charge is -2.19. The Morgan fingerprint density at radius 1 is 1.33 bits per heavy atom. The van der Waals surface area contributed by atoms with Crippen molar-refractivity contribution in [3.05, 3.63) is 36.2 Å². The molecule has 1 aliphatic heterocycles. The van der Waals surface area contributed by atoms with Crippen LogP contribution in [-0.2, 0) is 23.1 Å². The molecule has 0 radical (unpaired) electrons. The van der Waals surface area contributed by atoms with E-state index in [1.165, 1.54) is 10.5 Å². The molecule has 130 valence electrons. The number of aryl methyl sites for hydroxylation is 1. The van der Waals surface area contributed by atoms with Crippen molar-refractivity contribution in [2.45, 2.75) is 24.9 Å². The van der Waals surface area contributed by atoms with E-state index in [4.69, 9.17) is 4.74 Å². The van der Waals surface area contributed by atoms with E-state index < -0.39 is 10.0 Å². The van der Waals surface area contributed by atoms with E-state index in [2.05, 4.69) is 5.10 Å². The van der Waals surface area contributed by atoms with Gasteiger partial charge in [0.05, 0.1) is 6.20 Å². The van der Waals surface area contributed by atoms with Crippen LogP contribution in [0.1, 0.15) is 12.5 Å². The minimum atomic E-state index is -3.59. The normalized spacial score (nSPS) is 15.5. The third-order valence-corrected chi connectivity index (χ3v) is 5.87. The van der Waals surface area contributed by atoms with E-state index in [0.717, 1.165) is 17.0 Å². The topological polar surface area (TPSA) is 67.7 Å². The van der Waals surface area contributed by atoms with E-state index in [1.54, 1.807) is 10.9 Å². The Labute approximate surface area is 142 Å². The van der Waals surface area contributed by atoms with Gasteiger partial charge in [0.15, 0.2) is 0 Å². The van der Waals surface area contributed by atoms with Crippen molar-refractivity contribution >= 4 is 15.7 Å². The van der Waals surface area contributed by atoms with Crippen molar-refractivity contribution in [1.82, 2.24) is 14.1 Å². The number of hydrogen-bond acceptors (Lipinski definition) is 5. The van der Waals surface area contributed by atoms with Gasteiger partial charge in [-0.2, -0.15) is 9.40 Å². The smallest absolute Gasteiger partial charge is 0.246 e. The monoisotopic (exact) mass is 350 g/mol. The first-order valence-corrected chi connectivity index (χ1v) is 9.31. The zero-order chi connectivity index (χ0) is 17.3. The summed E-state index contributed by atoms with van der Waals surface area (Å²) in [6.45, 7) is 3.48. The van der Waals surface area contributed by atoms with Crippen LogP contribution in [0.2, 0.25) is 0 Å². The van der Waals surface area contributed by atoms with Gasteiger partial charge in [-0.05, 0) is 25.1 Å². The molecule has 0 saturated carbocycles. The van der Waals surface area contributed by atoms with Crippen molar-refractivity contribution < 1.29 is 13.2 Å². The van der Waals surface area contributed by atoms with Gasteiger partial charge in [0.2, 0.25) is 10.0 Å². The maximum atomic E-state index is 12.9. The number of rotatable bonds is 4. The van der Waals surface area contributed by atoms with Gasteiger partial charge in [0.1, 0.15) is 17.3 Å². The number of aromatic nitrogens is 2. The predicted octanol–water partition coefficient (Wildman–Crippen LogP) is 1.55. The van der Waals surface area contributed by atoms with Crippen LogP contribution < -0.4 is 9.64 Å². The Hall–Kier alpha value is -2.06. The van der Waals surface area contributed by atoms with Crippen LogP contribution in [-0.4, -0.2) is 49.8 Å². The number of nitrogens with zero attached hydrogens (tertiary/aromatic N) is 4. The lowest BCUT2D eigenvalue weighted by atomic mass is 10.1. The van der Waals surface area contributed by atoms with Crippen LogP contribution in [0.25, 0.3) is 0 Å². The van der Waals surface area contributed by atoms with Gasteiger partial charge in [-0.25, -0.2) is 8.42 Å². The molecule has 0 spiro atoms. The number of fused-ring (bicyclic) bond motifs is 1. The fourth-order valence-electron chi connectivity index (χ4n) is 2.64. The molecule has 0 amide bonds. The summed E-state index contributed by atoms with van der Waals surface area (Å²) in [5.74, 6) is 0.738. The van der Waals surface area contributed by atoms with Gasteiger partial charge >= 0.3 is 0 Å². The third-order valence-electron chi connectivity index (χ3n) is 4.08. The quantitative estimate of drug-likeness (QED) is 0.837. The molecule has 0 unspecified atom stereocenters. The summed E-state index contributed by atoms with van der Waals surface area (Å²) in [6.07, 6.45) is 2.97. The van der Waals surface area contributed by atoms with Crippen molar-refractivity contribution in [3.63, 3.8) is 0 Å². The number of sulfonamides is 1. The van der Waals surface area contributed by atoms with E-state index in [0.29, 0.717) is 19.7 Å². The van der Waals surface area contributed by atoms with E-state index in [9.17, 15) is 8.42 Å². The average molecular weight is 350 g/mol. The second-order valence-corrected chi connectivity index (χ2v) is 7.84.